The number of carbonyl (C=O) groups excluding carboxylic acids is 3. The number of amides is 3. The number of hydrogen-bond donors (Lipinski definition) is 4. The predicted octanol–water partition coefficient (Wildman–Crippen LogP) is 4.94. The number of aryl methyl sites for hydroxylation is 2. The Labute approximate surface area is 301 Å². The summed E-state index contributed by atoms with van der Waals surface area (Å²) < 4.78 is 38.4. The highest BCUT2D eigenvalue weighted by molar-refractivity contribution is 8.01. The van der Waals surface area contributed by atoms with Gasteiger partial charge in [0, 0.05) is 4.75 Å². The molecule has 4 aromatic rings. The summed E-state index contributed by atoms with van der Waals surface area (Å²) in [6.07, 6.45) is 0. The highest BCUT2D eigenvalue weighted by Gasteiger charge is 2.57. The molecule has 1 fully saturated rings. The van der Waals surface area contributed by atoms with E-state index >= 15 is 0 Å². The fraction of sp³-hybridized carbons (Fsp3) is 0.281. The average molecular weight is 767 g/mol. The van der Waals surface area contributed by atoms with E-state index in [4.69, 9.17) is 32.2 Å². The number of halogens is 4. The zero-order valence-electron chi connectivity index (χ0n) is 26.9. The third-order valence-corrected chi connectivity index (χ3v) is 10.2. The van der Waals surface area contributed by atoms with Gasteiger partial charge in [-0.25, -0.2) is 18.4 Å². The van der Waals surface area contributed by atoms with Crippen molar-refractivity contribution in [3.63, 3.8) is 0 Å². The molecule has 51 heavy (non-hydrogen) atoms. The van der Waals surface area contributed by atoms with Crippen LogP contribution in [0.15, 0.2) is 45.4 Å². The van der Waals surface area contributed by atoms with Crippen LogP contribution in [-0.4, -0.2) is 83.8 Å². The lowest BCUT2D eigenvalue weighted by molar-refractivity contribution is -0.152. The Morgan fingerprint density at radius 1 is 0.902 bits per heavy atom. The van der Waals surface area contributed by atoms with E-state index in [0.717, 1.165) is 28.8 Å². The van der Waals surface area contributed by atoms with Crippen molar-refractivity contribution in [1.29, 1.82) is 0 Å². The summed E-state index contributed by atoms with van der Waals surface area (Å²) in [7, 11) is 0. The molecule has 2 aromatic carbocycles. The number of thioether (sulfide) groups is 1. The normalized spacial score (nSPS) is 17.2. The van der Waals surface area contributed by atoms with Gasteiger partial charge < -0.3 is 34.8 Å². The molecular formula is C32H27Cl2F2N5O9S. The fourth-order valence-corrected chi connectivity index (χ4v) is 7.86. The number of carboxylic acids is 2. The van der Waals surface area contributed by atoms with Crippen molar-refractivity contribution in [1.82, 2.24) is 25.8 Å². The highest BCUT2D eigenvalue weighted by Crippen LogP contribution is 2.46. The van der Waals surface area contributed by atoms with Gasteiger partial charge in [0.25, 0.3) is 11.8 Å². The van der Waals surface area contributed by atoms with E-state index in [-0.39, 0.29) is 55.2 Å². The van der Waals surface area contributed by atoms with Crippen LogP contribution in [0.4, 0.5) is 8.78 Å². The van der Waals surface area contributed by atoms with Gasteiger partial charge in [-0.15, -0.1) is 11.8 Å². The SMILES string of the molecule is Cc1onc(-c2c(F)cccc2Cl)c1C(=O)NCC(=O)N1C(C(NC(=O)c2c(-c3c(F)cccc3Cl)noc2C)C(=O)O)SC(C)(C)[C@@H]1C(=O)O. The molecule has 0 aliphatic carbocycles. The van der Waals surface area contributed by atoms with Crippen LogP contribution in [0.25, 0.3) is 22.5 Å². The van der Waals surface area contributed by atoms with Crippen LogP contribution >= 0.6 is 35.0 Å². The van der Waals surface area contributed by atoms with E-state index < -0.39 is 70.0 Å². The minimum absolute atomic E-state index is 0.0536. The Balaban J connectivity index is 1.45. The van der Waals surface area contributed by atoms with Gasteiger partial charge in [0.15, 0.2) is 6.04 Å². The molecule has 268 valence electrons. The first-order chi connectivity index (χ1) is 24.0. The van der Waals surface area contributed by atoms with Crippen molar-refractivity contribution in [2.75, 3.05) is 6.54 Å². The van der Waals surface area contributed by atoms with Crippen molar-refractivity contribution >= 4 is 64.6 Å². The Morgan fingerprint density at radius 3 is 1.84 bits per heavy atom. The summed E-state index contributed by atoms with van der Waals surface area (Å²) in [5, 5.41) is 30.9. The molecule has 0 saturated carbocycles. The van der Waals surface area contributed by atoms with E-state index in [2.05, 4.69) is 20.9 Å². The topological polar surface area (TPSA) is 205 Å². The van der Waals surface area contributed by atoms with Gasteiger partial charge in [-0.3, -0.25) is 14.4 Å². The summed E-state index contributed by atoms with van der Waals surface area (Å²) in [6.45, 7) is 4.74. The molecular weight excluding hydrogens is 739 g/mol. The largest absolute Gasteiger partial charge is 0.480 e. The average Bonchev–Trinajstić information content (AvgIpc) is 3.70. The van der Waals surface area contributed by atoms with Crippen LogP contribution in [0.3, 0.4) is 0 Å². The summed E-state index contributed by atoms with van der Waals surface area (Å²) >= 11 is 13.1. The minimum Gasteiger partial charge on any atom is -0.480 e. The molecule has 1 aliphatic rings. The third kappa shape index (κ3) is 7.00. The van der Waals surface area contributed by atoms with E-state index in [1.54, 1.807) is 0 Å². The first-order valence-electron chi connectivity index (χ1n) is 14.8. The molecule has 2 aromatic heterocycles. The molecule has 2 unspecified atom stereocenters. The molecule has 5 rings (SSSR count). The van der Waals surface area contributed by atoms with Crippen LogP contribution in [0.1, 0.15) is 46.1 Å². The first-order valence-corrected chi connectivity index (χ1v) is 16.4. The second-order valence-electron chi connectivity index (χ2n) is 11.7. The molecule has 0 bridgehead atoms. The van der Waals surface area contributed by atoms with Gasteiger partial charge in [-0.05, 0) is 52.0 Å². The molecule has 3 heterocycles. The number of nitrogens with one attached hydrogen (secondary N) is 2. The second-order valence-corrected chi connectivity index (χ2v) is 14.3. The summed E-state index contributed by atoms with van der Waals surface area (Å²) in [5.41, 5.74) is -1.72. The van der Waals surface area contributed by atoms with Crippen LogP contribution in [0.5, 0.6) is 0 Å². The molecule has 14 nitrogen and oxygen atoms in total. The zero-order chi connectivity index (χ0) is 37.5. The van der Waals surface area contributed by atoms with E-state index in [0.29, 0.717) is 0 Å². The maximum Gasteiger partial charge on any atom is 0.329 e. The first kappa shape index (κ1) is 37.3. The fourth-order valence-electron chi connectivity index (χ4n) is 5.72. The lowest BCUT2D eigenvalue weighted by Gasteiger charge is -2.32. The molecule has 1 aliphatic heterocycles. The highest BCUT2D eigenvalue weighted by atomic mass is 35.5. The maximum absolute atomic E-state index is 14.8. The number of carbonyl (C=O) groups is 5. The van der Waals surface area contributed by atoms with Crippen molar-refractivity contribution in [2.24, 2.45) is 0 Å². The Bertz CT molecular complexity index is 2050. The monoisotopic (exact) mass is 765 g/mol. The Hall–Kier alpha value is -5.00. The van der Waals surface area contributed by atoms with Crippen LogP contribution in [0, 0.1) is 25.5 Å². The number of aromatic nitrogens is 2. The van der Waals surface area contributed by atoms with Gasteiger partial charge in [0.2, 0.25) is 5.91 Å². The third-order valence-electron chi connectivity index (χ3n) is 7.97. The van der Waals surface area contributed by atoms with Crippen LogP contribution < -0.4 is 10.6 Å². The van der Waals surface area contributed by atoms with Crippen molar-refractivity contribution in [3.05, 3.63) is 80.7 Å². The Morgan fingerprint density at radius 2 is 1.39 bits per heavy atom. The van der Waals surface area contributed by atoms with Gasteiger partial charge in [0.05, 0.1) is 27.7 Å². The number of carboxylic acid groups (broad SMARTS) is 2. The number of rotatable bonds is 10. The predicted molar refractivity (Wildman–Crippen MR) is 178 cm³/mol. The summed E-state index contributed by atoms with van der Waals surface area (Å²) in [6, 6.07) is 3.93. The minimum atomic E-state index is -1.96. The van der Waals surface area contributed by atoms with Gasteiger partial charge in [0.1, 0.15) is 57.1 Å². The molecule has 1 saturated heterocycles. The summed E-state index contributed by atoms with van der Waals surface area (Å²) in [5.74, 6) is -8.09. The van der Waals surface area contributed by atoms with E-state index in [1.807, 2.05) is 0 Å². The number of aliphatic carboxylic acids is 2. The number of hydrogen-bond acceptors (Lipinski definition) is 10. The van der Waals surface area contributed by atoms with E-state index in [1.165, 1.54) is 52.0 Å². The van der Waals surface area contributed by atoms with Crippen LogP contribution in [-0.2, 0) is 14.4 Å². The lowest BCUT2D eigenvalue weighted by atomic mass is 10.0. The molecule has 0 spiro atoms. The molecule has 4 N–H and O–H groups in total. The molecule has 0 radical (unpaired) electrons. The van der Waals surface area contributed by atoms with Crippen molar-refractivity contribution < 1.29 is 52.0 Å². The molecule has 3 atom stereocenters. The smallest absolute Gasteiger partial charge is 0.329 e. The molecule has 3 amide bonds. The van der Waals surface area contributed by atoms with Gasteiger partial charge >= 0.3 is 11.9 Å². The second kappa shape index (κ2) is 14.3. The zero-order valence-corrected chi connectivity index (χ0v) is 29.2. The standard InChI is InChI=1S/C32H27Cl2F2N5O9S/c1-12-19(23(39-49-12)21-14(33)7-5-9-16(21)35)27(43)37-11-18(42)41-26(31(47)48)32(3,4)51-29(41)25(30(45)46)38-28(44)20-13(2)50-40-24(20)22-15(34)8-6-10-17(22)36/h5-10,25-26,29H,11H2,1-4H3,(H,37,43)(H,38,44)(H,45,46)(H,47,48)/t25?,26-,29?/m0/s1. The van der Waals surface area contributed by atoms with Crippen molar-refractivity contribution in [3.8, 4) is 22.5 Å². The van der Waals surface area contributed by atoms with E-state index in [9.17, 15) is 43.0 Å². The number of benzene rings is 2. The van der Waals surface area contributed by atoms with Gasteiger partial charge in [-0.2, -0.15) is 0 Å². The van der Waals surface area contributed by atoms with Gasteiger partial charge in [-0.1, -0.05) is 45.6 Å². The van der Waals surface area contributed by atoms with Crippen molar-refractivity contribution in [2.45, 2.75) is 49.9 Å². The molecule has 19 heteroatoms. The Kier molecular flexibility index (Phi) is 10.5. The lowest BCUT2D eigenvalue weighted by Crippen LogP contribution is -2.59. The van der Waals surface area contributed by atoms with Crippen LogP contribution in [0.2, 0.25) is 10.0 Å². The number of nitrogens with zero attached hydrogens (tertiary/aromatic N) is 3. The summed E-state index contributed by atoms with van der Waals surface area (Å²) in [4.78, 5) is 66.9. The quantitative estimate of drug-likeness (QED) is 0.169. The maximum atomic E-state index is 14.8.